The second kappa shape index (κ2) is 9.15. The summed E-state index contributed by atoms with van der Waals surface area (Å²) in [5.41, 5.74) is 1.29. The summed E-state index contributed by atoms with van der Waals surface area (Å²) in [5.74, 6) is -0.181. The summed E-state index contributed by atoms with van der Waals surface area (Å²) in [6.45, 7) is -0.469. The molecule has 9 heteroatoms. The summed E-state index contributed by atoms with van der Waals surface area (Å²) in [6.07, 6.45) is 1.67. The van der Waals surface area contributed by atoms with Gasteiger partial charge in [-0.3, -0.25) is 9.69 Å². The number of hydrogen-bond donors (Lipinski definition) is 1. The fraction of sp³-hybridized carbons (Fsp3) is 0.150. The Morgan fingerprint density at radius 2 is 2.00 bits per heavy atom. The molecule has 0 saturated carbocycles. The van der Waals surface area contributed by atoms with Gasteiger partial charge in [0.25, 0.3) is 5.91 Å². The first kappa shape index (κ1) is 20.9. The molecule has 0 spiro atoms. The molecule has 1 aliphatic heterocycles. The average molecular weight is 477 g/mol. The molecule has 2 aromatic rings. The zero-order valence-electron chi connectivity index (χ0n) is 15.6. The third-order valence-electron chi connectivity index (χ3n) is 3.91. The molecule has 0 aliphatic carbocycles. The van der Waals surface area contributed by atoms with Crippen LogP contribution in [0.3, 0.4) is 0 Å². The minimum Gasteiger partial charge on any atom is -0.497 e. The fourth-order valence-electron chi connectivity index (χ4n) is 2.46. The van der Waals surface area contributed by atoms with E-state index in [0.717, 1.165) is 10.2 Å². The van der Waals surface area contributed by atoms with Crippen LogP contribution in [0.15, 0.2) is 56.8 Å². The topological polar surface area (TPSA) is 88.4 Å². The maximum atomic E-state index is 12.7. The van der Waals surface area contributed by atoms with Crippen LogP contribution in [0.4, 0.5) is 5.69 Å². The Morgan fingerprint density at radius 3 is 2.66 bits per heavy atom. The van der Waals surface area contributed by atoms with E-state index < -0.39 is 12.6 Å². The summed E-state index contributed by atoms with van der Waals surface area (Å²) in [7, 11) is 3.24. The second-order valence-electron chi connectivity index (χ2n) is 5.93. The Labute approximate surface area is 180 Å². The molecule has 1 saturated heterocycles. The van der Waals surface area contributed by atoms with Crippen molar-refractivity contribution in [2.75, 3.05) is 20.8 Å². The highest BCUT2D eigenvalue weighted by Crippen LogP contribution is 2.35. The van der Waals surface area contributed by atoms with Crippen LogP contribution < -0.4 is 9.47 Å². The minimum absolute atomic E-state index is 0.202. The van der Waals surface area contributed by atoms with Gasteiger partial charge in [-0.1, -0.05) is 15.9 Å². The molecule has 3 rings (SSSR count). The first-order valence-electron chi connectivity index (χ1n) is 8.42. The number of carboxylic acids is 1. The number of nitrogens with zero attached hydrogens (tertiary/aromatic N) is 2. The number of carbonyl (C=O) groups excluding carboxylic acids is 1. The number of amidine groups is 1. The predicted octanol–water partition coefficient (Wildman–Crippen LogP) is 4.15. The first-order chi connectivity index (χ1) is 13.9. The molecule has 0 aromatic heterocycles. The van der Waals surface area contributed by atoms with Crippen LogP contribution in [-0.2, 0) is 9.59 Å². The predicted molar refractivity (Wildman–Crippen MR) is 116 cm³/mol. The van der Waals surface area contributed by atoms with E-state index in [1.807, 2.05) is 0 Å². The van der Waals surface area contributed by atoms with Crippen molar-refractivity contribution in [1.29, 1.82) is 0 Å². The van der Waals surface area contributed by atoms with Crippen molar-refractivity contribution >= 4 is 56.5 Å². The van der Waals surface area contributed by atoms with Gasteiger partial charge in [0.2, 0.25) is 0 Å². The van der Waals surface area contributed by atoms with Gasteiger partial charge in [0.15, 0.2) is 11.8 Å². The van der Waals surface area contributed by atoms with Crippen molar-refractivity contribution in [2.24, 2.45) is 4.99 Å². The van der Waals surface area contributed by atoms with Crippen LogP contribution >= 0.6 is 27.7 Å². The second-order valence-corrected chi connectivity index (χ2v) is 7.86. The number of methoxy groups -OCH3 is 1. The van der Waals surface area contributed by atoms with E-state index in [-0.39, 0.29) is 5.91 Å². The van der Waals surface area contributed by atoms with Gasteiger partial charge in [0, 0.05) is 17.1 Å². The number of rotatable bonds is 6. The number of ether oxygens (including phenoxy) is 2. The first-order valence-corrected chi connectivity index (χ1v) is 10.0. The number of likely N-dealkylation sites (N-methyl/N-ethyl adjacent to an activating group) is 1. The zero-order valence-corrected chi connectivity index (χ0v) is 18.0. The van der Waals surface area contributed by atoms with E-state index >= 15 is 0 Å². The van der Waals surface area contributed by atoms with Crippen molar-refractivity contribution in [1.82, 2.24) is 4.90 Å². The van der Waals surface area contributed by atoms with E-state index in [0.29, 0.717) is 27.1 Å². The smallest absolute Gasteiger partial charge is 0.341 e. The third kappa shape index (κ3) is 5.18. The molecular formula is C20H17BrN2O5S. The van der Waals surface area contributed by atoms with E-state index in [1.54, 1.807) is 62.7 Å². The normalized spacial score (nSPS) is 16.5. The number of carboxylic acid groups (broad SMARTS) is 1. The maximum Gasteiger partial charge on any atom is 0.341 e. The number of halogens is 1. The molecule has 150 valence electrons. The number of aliphatic carboxylic acids is 1. The van der Waals surface area contributed by atoms with Crippen molar-refractivity contribution in [3.8, 4) is 11.5 Å². The molecular weight excluding hydrogens is 460 g/mol. The third-order valence-corrected chi connectivity index (χ3v) is 5.46. The number of thioether (sulfide) groups is 1. The zero-order chi connectivity index (χ0) is 21.0. The molecule has 1 fully saturated rings. The minimum atomic E-state index is -1.08. The Bertz CT molecular complexity index is 1000. The molecule has 1 N–H and O–H groups in total. The van der Waals surface area contributed by atoms with Gasteiger partial charge in [-0.2, -0.15) is 0 Å². The summed E-state index contributed by atoms with van der Waals surface area (Å²) < 4.78 is 11.2. The maximum absolute atomic E-state index is 12.7. The molecule has 0 bridgehead atoms. The van der Waals surface area contributed by atoms with Gasteiger partial charge in [0.1, 0.15) is 11.5 Å². The lowest BCUT2D eigenvalue weighted by Crippen LogP contribution is -2.23. The number of amides is 1. The largest absolute Gasteiger partial charge is 0.497 e. The van der Waals surface area contributed by atoms with Crippen molar-refractivity contribution < 1.29 is 24.2 Å². The van der Waals surface area contributed by atoms with Gasteiger partial charge in [-0.15, -0.1) is 0 Å². The highest BCUT2D eigenvalue weighted by atomic mass is 79.9. The fourth-order valence-corrected chi connectivity index (χ4v) is 3.82. The lowest BCUT2D eigenvalue weighted by Gasteiger charge is -2.08. The van der Waals surface area contributed by atoms with Crippen LogP contribution in [0.5, 0.6) is 11.5 Å². The van der Waals surface area contributed by atoms with Gasteiger partial charge in [0.05, 0.1) is 17.7 Å². The van der Waals surface area contributed by atoms with Crippen molar-refractivity contribution in [3.05, 3.63) is 57.4 Å². The molecule has 0 radical (unpaired) electrons. The summed E-state index contributed by atoms with van der Waals surface area (Å²) in [4.78, 5) is 29.9. The highest BCUT2D eigenvalue weighted by Gasteiger charge is 2.30. The molecule has 0 unspecified atom stereocenters. The standard InChI is InChI=1S/C20H17BrN2O5S/c1-23-19(26)17(29-20(23)22-14-4-6-15(27-2)7-5-14)10-12-9-13(21)3-8-16(12)28-11-18(24)25/h3-10H,11H2,1-2H3,(H,24,25)/b17-10-,22-20?. The quantitative estimate of drug-likeness (QED) is 0.629. The molecule has 1 amide bonds. The summed E-state index contributed by atoms with van der Waals surface area (Å²) in [5, 5.41) is 9.39. The van der Waals surface area contributed by atoms with Crippen molar-refractivity contribution in [2.45, 2.75) is 0 Å². The SMILES string of the molecule is COc1ccc(N=C2S/C(=C\c3cc(Br)ccc3OCC(=O)O)C(=O)N2C)cc1. The van der Waals surface area contributed by atoms with E-state index in [9.17, 15) is 9.59 Å². The number of aliphatic imine (C=N–C) groups is 1. The molecule has 2 aromatic carbocycles. The van der Waals surface area contributed by atoms with Crippen LogP contribution in [0.1, 0.15) is 5.56 Å². The molecule has 7 nitrogen and oxygen atoms in total. The average Bonchev–Trinajstić information content (AvgIpc) is 2.95. The molecule has 29 heavy (non-hydrogen) atoms. The van der Waals surface area contributed by atoms with Crippen LogP contribution in [0.2, 0.25) is 0 Å². The van der Waals surface area contributed by atoms with E-state index in [2.05, 4.69) is 20.9 Å². The Hall–Kier alpha value is -2.78. The lowest BCUT2D eigenvalue weighted by atomic mass is 10.2. The summed E-state index contributed by atoms with van der Waals surface area (Å²) >= 11 is 4.62. The number of carbonyl (C=O) groups is 2. The number of benzene rings is 2. The molecule has 1 aliphatic rings. The van der Waals surface area contributed by atoms with Gasteiger partial charge >= 0.3 is 5.97 Å². The molecule has 0 atom stereocenters. The Kier molecular flexibility index (Phi) is 6.60. The van der Waals surface area contributed by atoms with E-state index in [1.165, 1.54) is 16.7 Å². The van der Waals surface area contributed by atoms with Gasteiger partial charge < -0.3 is 14.6 Å². The summed E-state index contributed by atoms with van der Waals surface area (Å²) in [6, 6.07) is 12.4. The monoisotopic (exact) mass is 476 g/mol. The lowest BCUT2D eigenvalue weighted by molar-refractivity contribution is -0.139. The Morgan fingerprint density at radius 1 is 1.28 bits per heavy atom. The number of hydrogen-bond acceptors (Lipinski definition) is 6. The Balaban J connectivity index is 1.88. The van der Waals surface area contributed by atoms with Crippen LogP contribution in [0.25, 0.3) is 6.08 Å². The van der Waals surface area contributed by atoms with E-state index in [4.69, 9.17) is 14.6 Å². The van der Waals surface area contributed by atoms with Gasteiger partial charge in [-0.25, -0.2) is 9.79 Å². The van der Waals surface area contributed by atoms with Crippen molar-refractivity contribution in [3.63, 3.8) is 0 Å². The van der Waals surface area contributed by atoms with Crippen LogP contribution in [-0.4, -0.2) is 47.8 Å². The highest BCUT2D eigenvalue weighted by molar-refractivity contribution is 9.10. The van der Waals surface area contributed by atoms with Gasteiger partial charge in [-0.05, 0) is 60.3 Å². The van der Waals surface area contributed by atoms with Crippen LogP contribution in [0, 0.1) is 0 Å². The molecule has 1 heterocycles.